The number of nitriles is 1. The van der Waals surface area contributed by atoms with Crippen molar-refractivity contribution >= 4 is 0 Å². The van der Waals surface area contributed by atoms with Gasteiger partial charge in [-0.1, -0.05) is 44.2 Å². The summed E-state index contributed by atoms with van der Waals surface area (Å²) in [6.07, 6.45) is 1.65. The Morgan fingerprint density at radius 3 is 2.55 bits per heavy atom. The van der Waals surface area contributed by atoms with Gasteiger partial charge in [-0.25, -0.2) is 4.98 Å². The molecule has 1 heterocycles. The molecule has 0 aliphatic rings. The summed E-state index contributed by atoms with van der Waals surface area (Å²) in [5, 5.41) is 12.3. The molecule has 3 heteroatoms. The summed E-state index contributed by atoms with van der Waals surface area (Å²) in [6, 6.07) is 14.5. The lowest BCUT2D eigenvalue weighted by Gasteiger charge is -2.08. The predicted molar refractivity (Wildman–Crippen MR) is 80.0 cm³/mol. The Hall–Kier alpha value is -2.18. The maximum atomic E-state index is 8.98. The van der Waals surface area contributed by atoms with Crippen molar-refractivity contribution < 1.29 is 0 Å². The van der Waals surface area contributed by atoms with Crippen LogP contribution >= 0.6 is 0 Å². The Labute approximate surface area is 120 Å². The molecule has 0 saturated heterocycles. The van der Waals surface area contributed by atoms with E-state index in [1.54, 1.807) is 6.20 Å². The lowest BCUT2D eigenvalue weighted by atomic mass is 10.0. The molecule has 0 fully saturated rings. The Kier molecular flexibility index (Phi) is 4.86. The highest BCUT2D eigenvalue weighted by atomic mass is 14.9. The standard InChI is InChI=1S/C17H19N3/c1-13(2)15-7-5-14(6-8-15)11-19-12-16-4-3-9-20-17(16)10-18/h3-9,13,19H,11-12H2,1-2H3. The first kappa shape index (κ1) is 14.2. The summed E-state index contributed by atoms with van der Waals surface area (Å²) >= 11 is 0. The van der Waals surface area contributed by atoms with Crippen LogP contribution in [-0.2, 0) is 13.1 Å². The number of rotatable bonds is 5. The van der Waals surface area contributed by atoms with Crippen molar-refractivity contribution in [3.05, 3.63) is 65.0 Å². The van der Waals surface area contributed by atoms with Gasteiger partial charge in [-0.3, -0.25) is 0 Å². The lowest BCUT2D eigenvalue weighted by molar-refractivity contribution is 0.689. The molecule has 2 rings (SSSR count). The van der Waals surface area contributed by atoms with Crippen molar-refractivity contribution in [3.63, 3.8) is 0 Å². The number of nitrogens with zero attached hydrogens (tertiary/aromatic N) is 2. The van der Waals surface area contributed by atoms with Gasteiger partial charge < -0.3 is 5.32 Å². The molecule has 20 heavy (non-hydrogen) atoms. The van der Waals surface area contributed by atoms with Crippen molar-refractivity contribution in [2.45, 2.75) is 32.9 Å². The van der Waals surface area contributed by atoms with E-state index in [0.29, 0.717) is 18.2 Å². The highest BCUT2D eigenvalue weighted by Crippen LogP contribution is 2.14. The van der Waals surface area contributed by atoms with Crippen LogP contribution < -0.4 is 5.32 Å². The van der Waals surface area contributed by atoms with Crippen LogP contribution in [0.3, 0.4) is 0 Å². The van der Waals surface area contributed by atoms with E-state index in [1.807, 2.05) is 12.1 Å². The van der Waals surface area contributed by atoms with E-state index in [9.17, 15) is 0 Å². The van der Waals surface area contributed by atoms with Crippen molar-refractivity contribution in [3.8, 4) is 6.07 Å². The lowest BCUT2D eigenvalue weighted by Crippen LogP contribution is -2.14. The zero-order valence-electron chi connectivity index (χ0n) is 11.9. The molecular weight excluding hydrogens is 246 g/mol. The first-order valence-electron chi connectivity index (χ1n) is 6.84. The van der Waals surface area contributed by atoms with Gasteiger partial charge in [0, 0.05) is 24.8 Å². The Morgan fingerprint density at radius 2 is 1.90 bits per heavy atom. The number of benzene rings is 1. The maximum absolute atomic E-state index is 8.98. The molecule has 2 aromatic rings. The van der Waals surface area contributed by atoms with Gasteiger partial charge in [0.1, 0.15) is 11.8 Å². The Bertz CT molecular complexity index is 594. The van der Waals surface area contributed by atoms with Gasteiger partial charge in [-0.05, 0) is 23.1 Å². The summed E-state index contributed by atoms with van der Waals surface area (Å²) < 4.78 is 0. The van der Waals surface area contributed by atoms with Crippen molar-refractivity contribution in [2.75, 3.05) is 0 Å². The van der Waals surface area contributed by atoms with Crippen molar-refractivity contribution in [2.24, 2.45) is 0 Å². The fraction of sp³-hybridized carbons (Fsp3) is 0.294. The smallest absolute Gasteiger partial charge is 0.144 e. The molecule has 0 unspecified atom stereocenters. The fourth-order valence-electron chi connectivity index (χ4n) is 2.04. The van der Waals surface area contributed by atoms with Gasteiger partial charge in [-0.2, -0.15) is 5.26 Å². The zero-order valence-corrected chi connectivity index (χ0v) is 11.9. The molecule has 3 nitrogen and oxygen atoms in total. The van der Waals surface area contributed by atoms with Crippen molar-refractivity contribution in [1.82, 2.24) is 10.3 Å². The Morgan fingerprint density at radius 1 is 1.15 bits per heavy atom. The number of pyridine rings is 1. The van der Waals surface area contributed by atoms with Gasteiger partial charge in [0.15, 0.2) is 0 Å². The normalized spacial score (nSPS) is 10.5. The first-order chi connectivity index (χ1) is 9.70. The average Bonchev–Trinajstić information content (AvgIpc) is 2.48. The highest BCUT2D eigenvalue weighted by molar-refractivity contribution is 5.30. The molecule has 1 aromatic carbocycles. The molecule has 0 atom stereocenters. The van der Waals surface area contributed by atoms with E-state index in [-0.39, 0.29) is 0 Å². The molecule has 0 radical (unpaired) electrons. The molecular formula is C17H19N3. The number of nitrogens with one attached hydrogen (secondary N) is 1. The monoisotopic (exact) mass is 265 g/mol. The van der Waals surface area contributed by atoms with Crippen LogP contribution in [-0.4, -0.2) is 4.98 Å². The quantitative estimate of drug-likeness (QED) is 0.901. The van der Waals surface area contributed by atoms with Crippen molar-refractivity contribution in [1.29, 1.82) is 5.26 Å². The minimum Gasteiger partial charge on any atom is -0.309 e. The van der Waals surface area contributed by atoms with Crippen LogP contribution in [0, 0.1) is 11.3 Å². The molecule has 1 aromatic heterocycles. The van der Waals surface area contributed by atoms with Gasteiger partial charge in [-0.15, -0.1) is 0 Å². The topological polar surface area (TPSA) is 48.7 Å². The summed E-state index contributed by atoms with van der Waals surface area (Å²) in [5.74, 6) is 0.561. The van der Waals surface area contributed by atoms with E-state index in [2.05, 4.69) is 54.5 Å². The molecule has 0 aliphatic heterocycles. The second-order valence-electron chi connectivity index (χ2n) is 5.12. The van der Waals surface area contributed by atoms with Crippen LogP contribution in [0.15, 0.2) is 42.6 Å². The SMILES string of the molecule is CC(C)c1ccc(CNCc2cccnc2C#N)cc1. The minimum absolute atomic E-state index is 0.496. The van der Waals surface area contributed by atoms with Crippen LogP contribution in [0.2, 0.25) is 0 Å². The van der Waals surface area contributed by atoms with Crippen LogP contribution in [0.4, 0.5) is 0 Å². The largest absolute Gasteiger partial charge is 0.309 e. The second kappa shape index (κ2) is 6.83. The second-order valence-corrected chi connectivity index (χ2v) is 5.12. The molecule has 0 aliphatic carbocycles. The summed E-state index contributed by atoms with van der Waals surface area (Å²) in [5.41, 5.74) is 4.04. The van der Waals surface area contributed by atoms with E-state index >= 15 is 0 Å². The molecule has 1 N–H and O–H groups in total. The van der Waals surface area contributed by atoms with Crippen LogP contribution in [0.25, 0.3) is 0 Å². The third-order valence-electron chi connectivity index (χ3n) is 3.29. The van der Waals surface area contributed by atoms with Gasteiger partial charge >= 0.3 is 0 Å². The first-order valence-corrected chi connectivity index (χ1v) is 6.84. The summed E-state index contributed by atoms with van der Waals surface area (Å²) in [6.45, 7) is 5.83. The van der Waals surface area contributed by atoms with E-state index in [4.69, 9.17) is 5.26 Å². The number of hydrogen-bond acceptors (Lipinski definition) is 3. The third kappa shape index (κ3) is 3.66. The van der Waals surface area contributed by atoms with Gasteiger partial charge in [0.05, 0.1) is 0 Å². The van der Waals surface area contributed by atoms with E-state index in [1.165, 1.54) is 11.1 Å². The molecule has 0 amide bonds. The highest BCUT2D eigenvalue weighted by Gasteiger charge is 2.02. The molecule has 0 saturated carbocycles. The fourth-order valence-corrected chi connectivity index (χ4v) is 2.04. The minimum atomic E-state index is 0.496. The molecule has 0 spiro atoms. The van der Waals surface area contributed by atoms with Gasteiger partial charge in [0.25, 0.3) is 0 Å². The van der Waals surface area contributed by atoms with E-state index in [0.717, 1.165) is 12.1 Å². The van der Waals surface area contributed by atoms with Crippen LogP contribution in [0.5, 0.6) is 0 Å². The number of hydrogen-bond donors (Lipinski definition) is 1. The summed E-state index contributed by atoms with van der Waals surface area (Å²) in [4.78, 5) is 4.05. The summed E-state index contributed by atoms with van der Waals surface area (Å²) in [7, 11) is 0. The maximum Gasteiger partial charge on any atom is 0.144 e. The number of aromatic nitrogens is 1. The predicted octanol–water partition coefficient (Wildman–Crippen LogP) is 3.37. The van der Waals surface area contributed by atoms with Crippen LogP contribution in [0.1, 0.15) is 42.1 Å². The molecule has 102 valence electrons. The Balaban J connectivity index is 1.91. The van der Waals surface area contributed by atoms with E-state index < -0.39 is 0 Å². The average molecular weight is 265 g/mol. The third-order valence-corrected chi connectivity index (χ3v) is 3.29. The van der Waals surface area contributed by atoms with Gasteiger partial charge in [0.2, 0.25) is 0 Å². The zero-order chi connectivity index (χ0) is 14.4. The molecule has 0 bridgehead atoms.